The van der Waals surface area contributed by atoms with Crippen LogP contribution in [0, 0.1) is 5.92 Å². The number of amides is 4. The molecule has 0 unspecified atom stereocenters. The van der Waals surface area contributed by atoms with Crippen molar-refractivity contribution in [2.24, 2.45) is 11.7 Å². The Bertz CT molecular complexity index is 1970. The number of phenolic OH excluding ortho intramolecular Hbond substituents is 2. The van der Waals surface area contributed by atoms with Gasteiger partial charge in [-0.1, -0.05) is 48.9 Å². The van der Waals surface area contributed by atoms with Crippen molar-refractivity contribution in [3.05, 3.63) is 88.0 Å². The maximum atomic E-state index is 13.7. The molecule has 2 aliphatic heterocycles. The van der Waals surface area contributed by atoms with Crippen molar-refractivity contribution in [3.8, 4) is 11.5 Å². The fourth-order valence-corrected chi connectivity index (χ4v) is 7.08. The molecule has 16 nitrogen and oxygen atoms in total. The highest BCUT2D eigenvalue weighted by Crippen LogP contribution is 2.43. The molecule has 326 valence electrons. The third kappa shape index (κ3) is 12.7. The molecule has 7 N–H and O–H groups in total. The van der Waals surface area contributed by atoms with E-state index in [9.17, 15) is 34.5 Å². The van der Waals surface area contributed by atoms with Gasteiger partial charge in [0.05, 0.1) is 30.2 Å². The van der Waals surface area contributed by atoms with Gasteiger partial charge in [0.1, 0.15) is 17.6 Å². The van der Waals surface area contributed by atoms with Crippen LogP contribution in [0.3, 0.4) is 0 Å². The van der Waals surface area contributed by atoms with Crippen LogP contribution in [0.2, 0.25) is 0 Å². The summed E-state index contributed by atoms with van der Waals surface area (Å²) in [5.41, 5.74) is 7.83. The Labute approximate surface area is 351 Å². The minimum absolute atomic E-state index is 0.0118. The third-order valence-corrected chi connectivity index (χ3v) is 10.6. The Balaban J connectivity index is 1.62. The molecule has 0 saturated carbocycles. The number of fused-ring (bicyclic) bond motifs is 2. The molecule has 2 aliphatic rings. The molecule has 4 rings (SSSR count). The van der Waals surface area contributed by atoms with Crippen LogP contribution in [-0.2, 0) is 30.2 Å². The number of aliphatic hydroxyl groups excluding tert-OH is 1. The molecule has 0 aliphatic carbocycles. The number of aliphatic hydroxyl groups is 1. The molecule has 0 radical (unpaired) electrons. The summed E-state index contributed by atoms with van der Waals surface area (Å²) in [6.45, 7) is 12.3. The zero-order valence-corrected chi connectivity index (χ0v) is 35.4. The van der Waals surface area contributed by atoms with Crippen LogP contribution in [0.1, 0.15) is 62.5 Å². The summed E-state index contributed by atoms with van der Waals surface area (Å²) in [6, 6.07) is 8.20. The summed E-state index contributed by atoms with van der Waals surface area (Å²) in [4.78, 5) is 54.9. The van der Waals surface area contributed by atoms with Crippen LogP contribution in [0.5, 0.6) is 11.5 Å². The molecule has 2 aromatic carbocycles. The highest BCUT2D eigenvalue weighted by Gasteiger charge is 2.29. The number of rotatable bonds is 9. The molecule has 1 fully saturated rings. The number of allylic oxidation sites excluding steroid dienone is 2. The maximum absolute atomic E-state index is 13.7. The molecule has 2 bridgehead atoms. The van der Waals surface area contributed by atoms with Gasteiger partial charge < -0.3 is 55.5 Å². The fraction of sp³-hybridized carbons (Fsp3) is 0.455. The Hall–Kier alpha value is -5.68. The van der Waals surface area contributed by atoms with Crippen LogP contribution in [-0.4, -0.2) is 127 Å². The summed E-state index contributed by atoms with van der Waals surface area (Å²) in [5.74, 6) is -2.54. The van der Waals surface area contributed by atoms with Gasteiger partial charge in [0, 0.05) is 75.6 Å². The van der Waals surface area contributed by atoms with Crippen LogP contribution in [0.4, 0.5) is 21.0 Å². The monoisotopic (exact) mass is 833 g/mol. The zero-order chi connectivity index (χ0) is 44.1. The van der Waals surface area contributed by atoms with E-state index in [0.29, 0.717) is 36.4 Å². The van der Waals surface area contributed by atoms with Crippen LogP contribution >= 0.6 is 0 Å². The maximum Gasteiger partial charge on any atom is 0.409 e. The highest BCUT2D eigenvalue weighted by molar-refractivity contribution is 6.09. The van der Waals surface area contributed by atoms with E-state index in [0.717, 1.165) is 37.7 Å². The molecule has 4 amide bonds. The van der Waals surface area contributed by atoms with Gasteiger partial charge in [0.15, 0.2) is 6.10 Å². The standard InChI is InChI=1S/C44H59N5O11/c1-8-59-44(56)49-20-18-48(19-21-49)17-16-30-12-14-31(15-13-30)42(54)47-37-32-22-26(2)23-36(58-7)38(51)28(4)24-29(5)40(60-43(45)55)35(57-6)11-9-10-27(3)41(53)46-33(39(32)52)25-34(37)50/h9-15,22,24-25,28,35-36,38,40,50-52H,8,16-21,23H2,1-7H3,(H2,45,55)(H,46,53)(H,47,54)/t28-,35-,36-,38+,40-/m0/s1. The topological polar surface area (TPSA) is 222 Å². The van der Waals surface area contributed by atoms with Gasteiger partial charge in [-0.2, -0.15) is 0 Å². The van der Waals surface area contributed by atoms with Gasteiger partial charge in [-0.3, -0.25) is 14.5 Å². The van der Waals surface area contributed by atoms with Gasteiger partial charge in [-0.25, -0.2) is 9.59 Å². The number of benzene rings is 2. The lowest BCUT2D eigenvalue weighted by Crippen LogP contribution is -2.49. The second-order valence-electron chi connectivity index (χ2n) is 15.0. The average Bonchev–Trinajstić information content (AvgIpc) is 3.22. The van der Waals surface area contributed by atoms with E-state index in [4.69, 9.17) is 24.7 Å². The summed E-state index contributed by atoms with van der Waals surface area (Å²) in [6.07, 6.45) is 3.81. The van der Waals surface area contributed by atoms with E-state index in [-0.39, 0.29) is 35.0 Å². The predicted molar refractivity (Wildman–Crippen MR) is 228 cm³/mol. The van der Waals surface area contributed by atoms with Gasteiger partial charge in [0.2, 0.25) is 0 Å². The number of carbonyl (C=O) groups is 4. The smallest absolute Gasteiger partial charge is 0.409 e. The molecular weight excluding hydrogens is 775 g/mol. The van der Waals surface area contributed by atoms with E-state index >= 15 is 0 Å². The van der Waals surface area contributed by atoms with Crippen LogP contribution < -0.4 is 16.4 Å². The molecule has 0 spiro atoms. The number of nitrogens with two attached hydrogens (primary N) is 1. The van der Waals surface area contributed by atoms with Gasteiger partial charge in [0.25, 0.3) is 11.8 Å². The largest absolute Gasteiger partial charge is 0.506 e. The molecule has 5 atom stereocenters. The molecule has 16 heteroatoms. The van der Waals surface area contributed by atoms with Crippen molar-refractivity contribution in [2.45, 2.75) is 71.9 Å². The van der Waals surface area contributed by atoms with Gasteiger partial charge in [-0.05, 0) is 69.9 Å². The first-order valence-corrected chi connectivity index (χ1v) is 19.9. The first-order chi connectivity index (χ1) is 28.6. The first kappa shape index (κ1) is 47.0. The molecule has 60 heavy (non-hydrogen) atoms. The number of methoxy groups -OCH3 is 2. The number of aromatic hydroxyl groups is 2. The number of hydrogen-bond acceptors (Lipinski definition) is 12. The summed E-state index contributed by atoms with van der Waals surface area (Å²) in [5, 5.41) is 39.8. The first-order valence-electron chi connectivity index (χ1n) is 19.9. The third-order valence-electron chi connectivity index (χ3n) is 10.6. The predicted octanol–water partition coefficient (Wildman–Crippen LogP) is 5.35. The van der Waals surface area contributed by atoms with E-state index in [1.165, 1.54) is 33.3 Å². The van der Waals surface area contributed by atoms with Crippen molar-refractivity contribution in [1.82, 2.24) is 9.80 Å². The number of hydrogen-bond donors (Lipinski definition) is 6. The summed E-state index contributed by atoms with van der Waals surface area (Å²) >= 11 is 0. The molecule has 2 aromatic rings. The number of primary amides is 1. The van der Waals surface area contributed by atoms with Crippen LogP contribution in [0.15, 0.2) is 71.4 Å². The second kappa shape index (κ2) is 22.1. The zero-order valence-electron chi connectivity index (χ0n) is 35.4. The molecule has 0 aromatic heterocycles. The molecule has 2 heterocycles. The number of ether oxygens (including phenoxy) is 4. The minimum atomic E-state index is -1.07. The lowest BCUT2D eigenvalue weighted by Gasteiger charge is -2.34. The minimum Gasteiger partial charge on any atom is -0.506 e. The number of carbonyl (C=O) groups excluding carboxylic acids is 4. The van der Waals surface area contributed by atoms with Crippen molar-refractivity contribution < 1.29 is 53.4 Å². The van der Waals surface area contributed by atoms with Crippen molar-refractivity contribution in [1.29, 1.82) is 0 Å². The Morgan fingerprint density at radius 2 is 1.70 bits per heavy atom. The lowest BCUT2D eigenvalue weighted by atomic mass is 9.91. The number of phenols is 2. The number of nitrogens with zero attached hydrogens (tertiary/aromatic N) is 2. The van der Waals surface area contributed by atoms with Gasteiger partial charge in [-0.15, -0.1) is 0 Å². The van der Waals surface area contributed by atoms with E-state index < -0.39 is 59.7 Å². The Morgan fingerprint density at radius 1 is 1.02 bits per heavy atom. The molecular formula is C44H59N5O11. The van der Waals surface area contributed by atoms with Crippen molar-refractivity contribution in [3.63, 3.8) is 0 Å². The van der Waals surface area contributed by atoms with Gasteiger partial charge >= 0.3 is 12.2 Å². The van der Waals surface area contributed by atoms with Crippen molar-refractivity contribution >= 4 is 41.5 Å². The number of nitrogens with one attached hydrogen (secondary N) is 2. The SMILES string of the molecule is CCOC(=O)N1CCN(CCc2ccc(C(=O)Nc3c(O)cc4c(O)c3C=C(C)C[C@H](OC)[C@H](O)[C@@H](C)C=C(C)[C@H](OC(N)=O)[C@@H](OC)C=CC=C(C)C(=O)N4)cc2)CC1. The number of piperazine rings is 1. The van der Waals surface area contributed by atoms with E-state index in [2.05, 4.69) is 15.5 Å². The summed E-state index contributed by atoms with van der Waals surface area (Å²) < 4.78 is 21.8. The lowest BCUT2D eigenvalue weighted by molar-refractivity contribution is -0.112. The highest BCUT2D eigenvalue weighted by atomic mass is 16.6. The second-order valence-corrected chi connectivity index (χ2v) is 15.0. The van der Waals surface area contributed by atoms with E-state index in [1.807, 2.05) is 12.1 Å². The quantitative estimate of drug-likeness (QED) is 0.107. The molecule has 1 saturated heterocycles. The number of anilines is 2. The Kier molecular flexibility index (Phi) is 17.3. The fourth-order valence-electron chi connectivity index (χ4n) is 7.08. The average molecular weight is 834 g/mol. The Morgan fingerprint density at radius 3 is 2.32 bits per heavy atom. The normalized spacial score (nSPS) is 22.2. The van der Waals surface area contributed by atoms with E-state index in [1.54, 1.807) is 63.0 Å². The van der Waals surface area contributed by atoms with Crippen molar-refractivity contribution in [2.75, 3.05) is 64.2 Å². The summed E-state index contributed by atoms with van der Waals surface area (Å²) in [7, 11) is 2.87. The van der Waals surface area contributed by atoms with Crippen LogP contribution in [0.25, 0.3) is 6.08 Å².